The molecular formula is C17H18FNO2. The normalized spacial score (nSPS) is 11.8. The number of hydrogen-bond acceptors (Lipinski definition) is 2. The van der Waals surface area contributed by atoms with E-state index in [0.717, 1.165) is 6.42 Å². The Labute approximate surface area is 123 Å². The van der Waals surface area contributed by atoms with Gasteiger partial charge in [0.2, 0.25) is 0 Å². The van der Waals surface area contributed by atoms with E-state index < -0.39 is 11.9 Å². The number of benzene rings is 2. The first-order valence-electron chi connectivity index (χ1n) is 6.90. The fraction of sp³-hybridized carbons (Fsp3) is 0.235. The summed E-state index contributed by atoms with van der Waals surface area (Å²) >= 11 is 0. The highest BCUT2D eigenvalue weighted by Gasteiger charge is 2.15. The molecule has 0 unspecified atom stereocenters. The van der Waals surface area contributed by atoms with Crippen molar-refractivity contribution in [3.8, 4) is 5.75 Å². The Morgan fingerprint density at radius 1 is 1.24 bits per heavy atom. The Kier molecular flexibility index (Phi) is 4.93. The van der Waals surface area contributed by atoms with Crippen molar-refractivity contribution < 1.29 is 13.9 Å². The van der Waals surface area contributed by atoms with E-state index in [-0.39, 0.29) is 5.91 Å². The van der Waals surface area contributed by atoms with E-state index in [0.29, 0.717) is 11.4 Å². The largest absolute Gasteiger partial charge is 0.481 e. The highest BCUT2D eigenvalue weighted by atomic mass is 19.1. The van der Waals surface area contributed by atoms with Crippen LogP contribution in [0.2, 0.25) is 0 Å². The van der Waals surface area contributed by atoms with Gasteiger partial charge in [-0.3, -0.25) is 4.79 Å². The van der Waals surface area contributed by atoms with Gasteiger partial charge < -0.3 is 10.1 Å². The predicted octanol–water partition coefficient (Wildman–Crippen LogP) is 3.79. The molecule has 4 heteroatoms. The van der Waals surface area contributed by atoms with Gasteiger partial charge in [0.05, 0.1) is 0 Å². The lowest BCUT2D eigenvalue weighted by Crippen LogP contribution is -2.30. The molecular weight excluding hydrogens is 269 g/mol. The lowest BCUT2D eigenvalue weighted by Gasteiger charge is -2.15. The number of carbonyl (C=O) groups is 1. The van der Waals surface area contributed by atoms with E-state index in [1.54, 1.807) is 19.1 Å². The highest BCUT2D eigenvalue weighted by Crippen LogP contribution is 2.15. The summed E-state index contributed by atoms with van der Waals surface area (Å²) in [5.41, 5.74) is 1.92. The summed E-state index contributed by atoms with van der Waals surface area (Å²) in [5.74, 6) is -0.335. The fourth-order valence-corrected chi connectivity index (χ4v) is 1.87. The molecule has 0 spiro atoms. The van der Waals surface area contributed by atoms with Crippen LogP contribution in [-0.2, 0) is 11.2 Å². The molecule has 2 rings (SSSR count). The topological polar surface area (TPSA) is 38.3 Å². The number of aryl methyl sites for hydroxylation is 1. The van der Waals surface area contributed by atoms with Crippen LogP contribution >= 0.6 is 0 Å². The molecule has 0 saturated carbocycles. The average Bonchev–Trinajstić information content (AvgIpc) is 2.48. The van der Waals surface area contributed by atoms with Gasteiger partial charge in [0.25, 0.3) is 5.91 Å². The number of nitrogens with one attached hydrogen (secondary N) is 1. The van der Waals surface area contributed by atoms with Gasteiger partial charge in [0.15, 0.2) is 6.10 Å². The number of hydrogen-bond donors (Lipinski definition) is 1. The standard InChI is InChI=1S/C17H18FNO2/c1-3-13-7-9-15(10-8-13)19-17(20)12(2)21-16-6-4-5-14(18)11-16/h4-12H,3H2,1-2H3,(H,19,20)/t12-/m1/s1. The minimum atomic E-state index is -0.711. The summed E-state index contributed by atoms with van der Waals surface area (Å²) in [6.07, 6.45) is 0.241. The number of amides is 1. The molecule has 0 bridgehead atoms. The molecule has 3 nitrogen and oxygen atoms in total. The molecule has 2 aromatic rings. The molecule has 0 aliphatic carbocycles. The van der Waals surface area contributed by atoms with Gasteiger partial charge in [0.1, 0.15) is 11.6 Å². The van der Waals surface area contributed by atoms with Crippen molar-refractivity contribution in [1.82, 2.24) is 0 Å². The first-order chi connectivity index (χ1) is 10.1. The molecule has 0 aliphatic heterocycles. The van der Waals surface area contributed by atoms with Gasteiger partial charge in [-0.15, -0.1) is 0 Å². The van der Waals surface area contributed by atoms with Crippen LogP contribution in [0.1, 0.15) is 19.4 Å². The third-order valence-corrected chi connectivity index (χ3v) is 3.11. The van der Waals surface area contributed by atoms with E-state index >= 15 is 0 Å². The second kappa shape index (κ2) is 6.88. The molecule has 21 heavy (non-hydrogen) atoms. The van der Waals surface area contributed by atoms with Crippen molar-refractivity contribution in [3.63, 3.8) is 0 Å². The van der Waals surface area contributed by atoms with E-state index in [9.17, 15) is 9.18 Å². The van der Waals surface area contributed by atoms with Gasteiger partial charge >= 0.3 is 0 Å². The summed E-state index contributed by atoms with van der Waals surface area (Å²) < 4.78 is 18.5. The van der Waals surface area contributed by atoms with Crippen LogP contribution in [0, 0.1) is 5.82 Å². The minimum Gasteiger partial charge on any atom is -0.481 e. The molecule has 2 aromatic carbocycles. The number of rotatable bonds is 5. The summed E-state index contributed by atoms with van der Waals surface area (Å²) in [5, 5.41) is 2.77. The first-order valence-corrected chi connectivity index (χ1v) is 6.90. The zero-order chi connectivity index (χ0) is 15.2. The second-order valence-electron chi connectivity index (χ2n) is 4.76. The van der Waals surface area contributed by atoms with Crippen molar-refractivity contribution in [2.75, 3.05) is 5.32 Å². The summed E-state index contributed by atoms with van der Waals surface area (Å²) in [4.78, 5) is 12.0. The maximum Gasteiger partial charge on any atom is 0.265 e. The zero-order valence-corrected chi connectivity index (χ0v) is 12.1. The quantitative estimate of drug-likeness (QED) is 0.908. The van der Waals surface area contributed by atoms with E-state index in [1.807, 2.05) is 24.3 Å². The van der Waals surface area contributed by atoms with Crippen molar-refractivity contribution in [1.29, 1.82) is 0 Å². The van der Waals surface area contributed by atoms with Gasteiger partial charge in [-0.1, -0.05) is 25.1 Å². The Morgan fingerprint density at radius 2 is 1.95 bits per heavy atom. The van der Waals surface area contributed by atoms with Gasteiger partial charge in [-0.2, -0.15) is 0 Å². The molecule has 0 radical (unpaired) electrons. The van der Waals surface area contributed by atoms with Crippen molar-refractivity contribution >= 4 is 11.6 Å². The lowest BCUT2D eigenvalue weighted by molar-refractivity contribution is -0.122. The van der Waals surface area contributed by atoms with Crippen LogP contribution in [0.4, 0.5) is 10.1 Å². The maximum absolute atomic E-state index is 13.1. The van der Waals surface area contributed by atoms with Gasteiger partial charge in [-0.25, -0.2) is 4.39 Å². The second-order valence-corrected chi connectivity index (χ2v) is 4.76. The van der Waals surface area contributed by atoms with E-state index in [2.05, 4.69) is 12.2 Å². The zero-order valence-electron chi connectivity index (χ0n) is 12.1. The van der Waals surface area contributed by atoms with Crippen molar-refractivity contribution in [2.24, 2.45) is 0 Å². The summed E-state index contributed by atoms with van der Waals surface area (Å²) in [6, 6.07) is 13.4. The minimum absolute atomic E-state index is 0.275. The number of anilines is 1. The van der Waals surface area contributed by atoms with E-state index in [4.69, 9.17) is 4.74 Å². The Hall–Kier alpha value is -2.36. The van der Waals surface area contributed by atoms with Crippen LogP contribution in [0.5, 0.6) is 5.75 Å². The Morgan fingerprint density at radius 3 is 2.57 bits per heavy atom. The molecule has 0 aromatic heterocycles. The Balaban J connectivity index is 1.95. The molecule has 0 heterocycles. The average molecular weight is 287 g/mol. The van der Waals surface area contributed by atoms with Crippen LogP contribution in [0.15, 0.2) is 48.5 Å². The van der Waals surface area contributed by atoms with Gasteiger partial charge in [0, 0.05) is 11.8 Å². The fourth-order valence-electron chi connectivity index (χ4n) is 1.87. The maximum atomic E-state index is 13.1. The van der Waals surface area contributed by atoms with Crippen molar-refractivity contribution in [2.45, 2.75) is 26.4 Å². The number of carbonyl (C=O) groups excluding carboxylic acids is 1. The SMILES string of the molecule is CCc1ccc(NC(=O)[C@@H](C)Oc2cccc(F)c2)cc1. The summed E-state index contributed by atoms with van der Waals surface area (Å²) in [6.45, 7) is 3.70. The highest BCUT2D eigenvalue weighted by molar-refractivity contribution is 5.94. The molecule has 110 valence electrons. The third kappa shape index (κ3) is 4.31. The molecule has 0 aliphatic rings. The van der Waals surface area contributed by atoms with Gasteiger partial charge in [-0.05, 0) is 43.2 Å². The molecule has 1 N–H and O–H groups in total. The summed E-state index contributed by atoms with van der Waals surface area (Å²) in [7, 11) is 0. The molecule has 1 atom stereocenters. The molecule has 1 amide bonds. The van der Waals surface area contributed by atoms with Crippen LogP contribution in [-0.4, -0.2) is 12.0 Å². The van der Waals surface area contributed by atoms with Crippen molar-refractivity contribution in [3.05, 3.63) is 59.9 Å². The molecule has 0 saturated heterocycles. The van der Waals surface area contributed by atoms with Crippen LogP contribution < -0.4 is 10.1 Å². The van der Waals surface area contributed by atoms with Crippen LogP contribution in [0.3, 0.4) is 0 Å². The first kappa shape index (κ1) is 15.0. The Bertz CT molecular complexity index is 610. The smallest absolute Gasteiger partial charge is 0.265 e. The molecule has 0 fully saturated rings. The number of halogens is 1. The number of ether oxygens (including phenoxy) is 1. The lowest BCUT2D eigenvalue weighted by atomic mass is 10.1. The monoisotopic (exact) mass is 287 g/mol. The van der Waals surface area contributed by atoms with Crippen LogP contribution in [0.25, 0.3) is 0 Å². The third-order valence-electron chi connectivity index (χ3n) is 3.11. The predicted molar refractivity (Wildman–Crippen MR) is 80.9 cm³/mol. The van der Waals surface area contributed by atoms with E-state index in [1.165, 1.54) is 17.7 Å².